The molecule has 0 aromatic carbocycles. The van der Waals surface area contributed by atoms with Gasteiger partial charge in [0.05, 0.1) is 0 Å². The predicted molar refractivity (Wildman–Crippen MR) is 81.1 cm³/mol. The zero-order valence-corrected chi connectivity index (χ0v) is 13.1. The molecule has 2 rings (SSSR count). The van der Waals surface area contributed by atoms with Crippen LogP contribution in [0.3, 0.4) is 0 Å². The molecular formula is C16H28N2O3. The van der Waals surface area contributed by atoms with Crippen LogP contribution in [-0.2, 0) is 4.79 Å². The van der Waals surface area contributed by atoms with Crippen LogP contribution in [0.2, 0.25) is 0 Å². The van der Waals surface area contributed by atoms with Crippen LogP contribution in [0, 0.1) is 11.3 Å². The van der Waals surface area contributed by atoms with Crippen molar-refractivity contribution in [2.45, 2.75) is 58.3 Å². The molecule has 1 heterocycles. The maximum atomic E-state index is 12.2. The number of piperidine rings is 1. The summed E-state index contributed by atoms with van der Waals surface area (Å²) in [7, 11) is 0. The fraction of sp³-hybridized carbons (Fsp3) is 0.875. The summed E-state index contributed by atoms with van der Waals surface area (Å²) < 4.78 is 0. The average molecular weight is 296 g/mol. The van der Waals surface area contributed by atoms with Gasteiger partial charge in [0.1, 0.15) is 0 Å². The quantitative estimate of drug-likeness (QED) is 0.838. The smallest absolute Gasteiger partial charge is 0.317 e. The average Bonchev–Trinajstić information content (AvgIpc) is 2.46. The van der Waals surface area contributed by atoms with Gasteiger partial charge in [0.15, 0.2) is 0 Å². The second-order valence-corrected chi connectivity index (χ2v) is 7.06. The van der Waals surface area contributed by atoms with E-state index in [0.29, 0.717) is 13.1 Å². The summed E-state index contributed by atoms with van der Waals surface area (Å²) in [6, 6.07) is 0.0237. The van der Waals surface area contributed by atoms with E-state index < -0.39 is 5.97 Å². The molecule has 0 atom stereocenters. The lowest BCUT2D eigenvalue weighted by molar-refractivity contribution is -0.138. The van der Waals surface area contributed by atoms with E-state index >= 15 is 0 Å². The minimum Gasteiger partial charge on any atom is -0.481 e. The van der Waals surface area contributed by atoms with E-state index in [9.17, 15) is 9.59 Å². The molecule has 1 aliphatic heterocycles. The van der Waals surface area contributed by atoms with Crippen molar-refractivity contribution in [1.29, 1.82) is 0 Å². The van der Waals surface area contributed by atoms with Crippen molar-refractivity contribution in [3.05, 3.63) is 0 Å². The fourth-order valence-electron chi connectivity index (χ4n) is 3.57. The zero-order valence-electron chi connectivity index (χ0n) is 13.1. The lowest BCUT2D eigenvalue weighted by Crippen LogP contribution is -2.47. The summed E-state index contributed by atoms with van der Waals surface area (Å²) in [5, 5.41) is 11.9. The van der Waals surface area contributed by atoms with Gasteiger partial charge in [-0.2, -0.15) is 0 Å². The number of hydrogen-bond donors (Lipinski definition) is 2. The van der Waals surface area contributed by atoms with E-state index in [-0.39, 0.29) is 23.8 Å². The molecule has 5 heteroatoms. The summed E-state index contributed by atoms with van der Waals surface area (Å²) in [6.45, 7) is 4.40. The van der Waals surface area contributed by atoms with Gasteiger partial charge < -0.3 is 15.3 Å². The molecule has 120 valence electrons. The molecule has 1 saturated carbocycles. The Kier molecular flexibility index (Phi) is 5.48. The fourth-order valence-corrected chi connectivity index (χ4v) is 3.57. The Morgan fingerprint density at radius 1 is 1.19 bits per heavy atom. The minimum absolute atomic E-state index is 0.0237. The molecule has 2 aliphatic rings. The number of hydrogen-bond acceptors (Lipinski definition) is 2. The van der Waals surface area contributed by atoms with E-state index in [1.807, 2.05) is 4.90 Å². The number of rotatable bonds is 4. The van der Waals surface area contributed by atoms with Crippen LogP contribution in [0.4, 0.5) is 4.79 Å². The van der Waals surface area contributed by atoms with Crippen molar-refractivity contribution in [2.24, 2.45) is 11.3 Å². The predicted octanol–water partition coefficient (Wildman–Crippen LogP) is 2.85. The molecule has 1 aliphatic carbocycles. The first kappa shape index (κ1) is 16.1. The van der Waals surface area contributed by atoms with Crippen LogP contribution in [-0.4, -0.2) is 41.6 Å². The molecule has 0 bridgehead atoms. The van der Waals surface area contributed by atoms with E-state index in [1.165, 1.54) is 32.1 Å². The lowest BCUT2D eigenvalue weighted by atomic mass is 9.76. The number of carbonyl (C=O) groups is 2. The van der Waals surface area contributed by atoms with Crippen LogP contribution < -0.4 is 5.32 Å². The van der Waals surface area contributed by atoms with Gasteiger partial charge in [0.25, 0.3) is 0 Å². The number of urea groups is 1. The largest absolute Gasteiger partial charge is 0.481 e. The first-order chi connectivity index (χ1) is 9.98. The monoisotopic (exact) mass is 296 g/mol. The Morgan fingerprint density at radius 2 is 1.81 bits per heavy atom. The van der Waals surface area contributed by atoms with Gasteiger partial charge in [0, 0.05) is 26.1 Å². The third-order valence-electron chi connectivity index (χ3n) is 5.09. The van der Waals surface area contributed by atoms with Crippen LogP contribution >= 0.6 is 0 Å². The SMILES string of the molecule is CC1(CNC(=O)N2CCC(CC(=O)O)CC2)CCCCC1. The first-order valence-corrected chi connectivity index (χ1v) is 8.23. The third-order valence-corrected chi connectivity index (χ3v) is 5.09. The number of likely N-dealkylation sites (tertiary alicyclic amines) is 1. The zero-order chi connectivity index (χ0) is 15.3. The van der Waals surface area contributed by atoms with Gasteiger partial charge in [-0.25, -0.2) is 4.79 Å². The van der Waals surface area contributed by atoms with E-state index in [2.05, 4.69) is 12.2 Å². The Balaban J connectivity index is 1.71. The van der Waals surface area contributed by atoms with Crippen LogP contribution in [0.1, 0.15) is 58.3 Å². The highest BCUT2D eigenvalue weighted by Crippen LogP contribution is 2.35. The molecule has 0 aromatic rings. The van der Waals surface area contributed by atoms with Crippen LogP contribution in [0.25, 0.3) is 0 Å². The maximum absolute atomic E-state index is 12.2. The molecule has 0 radical (unpaired) electrons. The van der Waals surface area contributed by atoms with Crippen molar-refractivity contribution in [1.82, 2.24) is 10.2 Å². The van der Waals surface area contributed by atoms with Crippen molar-refractivity contribution in [3.8, 4) is 0 Å². The van der Waals surface area contributed by atoms with Crippen molar-refractivity contribution >= 4 is 12.0 Å². The van der Waals surface area contributed by atoms with E-state index in [0.717, 1.165) is 19.4 Å². The maximum Gasteiger partial charge on any atom is 0.317 e. The Hall–Kier alpha value is -1.26. The topological polar surface area (TPSA) is 69.6 Å². The normalized spacial score (nSPS) is 22.8. The standard InChI is InChI=1S/C16H28N2O3/c1-16(7-3-2-4-8-16)12-17-15(21)18-9-5-13(6-10-18)11-14(19)20/h13H,2-12H2,1H3,(H,17,21)(H,19,20). The Bertz CT molecular complexity index is 370. The van der Waals surface area contributed by atoms with Gasteiger partial charge >= 0.3 is 12.0 Å². The summed E-state index contributed by atoms with van der Waals surface area (Å²) in [6.07, 6.45) is 8.10. The van der Waals surface area contributed by atoms with Gasteiger partial charge in [0.2, 0.25) is 0 Å². The Labute approximate surface area is 127 Å². The van der Waals surface area contributed by atoms with Gasteiger partial charge in [-0.3, -0.25) is 4.79 Å². The van der Waals surface area contributed by atoms with Crippen LogP contribution in [0.5, 0.6) is 0 Å². The number of carboxylic acid groups (broad SMARTS) is 1. The van der Waals surface area contributed by atoms with Gasteiger partial charge in [-0.1, -0.05) is 26.2 Å². The third kappa shape index (κ3) is 4.90. The van der Waals surface area contributed by atoms with Crippen molar-refractivity contribution in [3.63, 3.8) is 0 Å². The highest BCUT2D eigenvalue weighted by atomic mass is 16.4. The highest BCUT2D eigenvalue weighted by Gasteiger charge is 2.29. The molecule has 21 heavy (non-hydrogen) atoms. The number of nitrogens with one attached hydrogen (secondary N) is 1. The van der Waals surface area contributed by atoms with E-state index in [1.54, 1.807) is 0 Å². The van der Waals surface area contributed by atoms with Gasteiger partial charge in [-0.15, -0.1) is 0 Å². The lowest BCUT2D eigenvalue weighted by Gasteiger charge is -2.36. The summed E-state index contributed by atoms with van der Waals surface area (Å²) >= 11 is 0. The summed E-state index contributed by atoms with van der Waals surface area (Å²) in [4.78, 5) is 24.8. The summed E-state index contributed by atoms with van der Waals surface area (Å²) in [5.41, 5.74) is 0.259. The molecule has 2 fully saturated rings. The number of aliphatic carboxylic acids is 1. The molecule has 0 spiro atoms. The van der Waals surface area contributed by atoms with Crippen LogP contribution in [0.15, 0.2) is 0 Å². The molecule has 0 unspecified atom stereocenters. The molecule has 0 aromatic heterocycles. The number of carboxylic acids is 1. The number of amides is 2. The minimum atomic E-state index is -0.733. The summed E-state index contributed by atoms with van der Waals surface area (Å²) in [5.74, 6) is -0.509. The van der Waals surface area contributed by atoms with Gasteiger partial charge in [-0.05, 0) is 37.0 Å². The molecule has 5 nitrogen and oxygen atoms in total. The second kappa shape index (κ2) is 7.14. The van der Waals surface area contributed by atoms with E-state index in [4.69, 9.17) is 5.11 Å². The number of nitrogens with zero attached hydrogens (tertiary/aromatic N) is 1. The molecule has 2 N–H and O–H groups in total. The van der Waals surface area contributed by atoms with Crippen molar-refractivity contribution in [2.75, 3.05) is 19.6 Å². The highest BCUT2D eigenvalue weighted by molar-refractivity contribution is 5.74. The molecule has 2 amide bonds. The number of carbonyl (C=O) groups excluding carboxylic acids is 1. The van der Waals surface area contributed by atoms with Crippen molar-refractivity contribution < 1.29 is 14.7 Å². The second-order valence-electron chi connectivity index (χ2n) is 7.06. The molecule has 1 saturated heterocycles. The Morgan fingerprint density at radius 3 is 2.38 bits per heavy atom. The molecular weight excluding hydrogens is 268 g/mol. The first-order valence-electron chi connectivity index (χ1n) is 8.23.